The number of hydrogen-bond acceptors (Lipinski definition) is 4. The Bertz CT molecular complexity index is 1010. The van der Waals surface area contributed by atoms with Gasteiger partial charge in [-0.3, -0.25) is 5.10 Å². The number of furan rings is 1. The minimum Gasteiger partial charge on any atom is -0.463 e. The van der Waals surface area contributed by atoms with Gasteiger partial charge in [0.25, 0.3) is 0 Å². The topological polar surface area (TPSA) is 74.1 Å². The number of benzene rings is 2. The van der Waals surface area contributed by atoms with Gasteiger partial charge in [0.05, 0.1) is 25.1 Å². The highest BCUT2D eigenvalue weighted by Gasteiger charge is 2.21. The molecule has 0 saturated carbocycles. The number of hydrogen-bond donors (Lipinski definition) is 3. The molecule has 6 heteroatoms. The Balaban J connectivity index is 1.67. The summed E-state index contributed by atoms with van der Waals surface area (Å²) in [4.78, 5) is 0. The van der Waals surface area contributed by atoms with Crippen molar-refractivity contribution in [2.45, 2.75) is 6.04 Å². The minimum absolute atomic E-state index is 0.0259. The van der Waals surface area contributed by atoms with Crippen molar-refractivity contribution < 1.29 is 13.9 Å². The van der Waals surface area contributed by atoms with Crippen molar-refractivity contribution >= 4 is 0 Å². The van der Waals surface area contributed by atoms with Crippen LogP contribution in [0.3, 0.4) is 0 Å². The van der Waals surface area contributed by atoms with Crippen LogP contribution in [0.1, 0.15) is 17.2 Å². The quantitative estimate of drug-likeness (QED) is 0.452. The molecule has 2 heterocycles. The van der Waals surface area contributed by atoms with Crippen LogP contribution in [0.15, 0.2) is 77.5 Å². The first-order valence-corrected chi connectivity index (χ1v) is 9.03. The van der Waals surface area contributed by atoms with E-state index in [0.29, 0.717) is 12.3 Å². The Morgan fingerprint density at radius 3 is 2.39 bits per heavy atom. The molecule has 0 bridgehead atoms. The molecular weight excluding hydrogens is 357 g/mol. The smallest absolute Gasteiger partial charge is 0.151 e. The van der Waals surface area contributed by atoms with Crippen LogP contribution in [-0.4, -0.2) is 28.5 Å². The Labute approximate surface area is 161 Å². The fraction of sp³-hybridized carbons (Fsp3) is 0.136. The third-order valence-corrected chi connectivity index (χ3v) is 4.63. The number of nitrogens with one attached hydrogen (secondary N) is 2. The summed E-state index contributed by atoms with van der Waals surface area (Å²) < 4.78 is 18.7. The minimum atomic E-state index is -0.251. The molecule has 4 aromatic rings. The molecule has 0 aliphatic rings. The molecule has 3 N–H and O–H groups in total. The van der Waals surface area contributed by atoms with Crippen LogP contribution < -0.4 is 5.32 Å². The Morgan fingerprint density at radius 1 is 1.04 bits per heavy atom. The first-order valence-electron chi connectivity index (χ1n) is 9.03. The molecule has 4 rings (SSSR count). The fourth-order valence-electron chi connectivity index (χ4n) is 3.26. The molecule has 2 aromatic carbocycles. The Kier molecular flexibility index (Phi) is 5.32. The maximum absolute atomic E-state index is 13.2. The second-order valence-electron chi connectivity index (χ2n) is 6.42. The maximum atomic E-state index is 13.2. The molecule has 0 fully saturated rings. The van der Waals surface area contributed by atoms with Crippen molar-refractivity contribution in [2.24, 2.45) is 0 Å². The summed E-state index contributed by atoms with van der Waals surface area (Å²) in [5.41, 5.74) is 4.70. The number of rotatable bonds is 7. The highest BCUT2D eigenvalue weighted by molar-refractivity contribution is 5.64. The summed E-state index contributed by atoms with van der Waals surface area (Å²) in [6.45, 7) is 0.464. The lowest BCUT2D eigenvalue weighted by atomic mass is 9.96. The number of aromatic amines is 1. The van der Waals surface area contributed by atoms with E-state index in [9.17, 15) is 9.50 Å². The van der Waals surface area contributed by atoms with E-state index in [2.05, 4.69) is 15.5 Å². The molecule has 0 aliphatic heterocycles. The molecule has 2 aromatic heterocycles. The standard InChI is InChI=1S/C22H20FN3O2/c23-18-9-7-16(8-10-18)15-3-5-17(6-4-15)21(24-11-12-27)19-14-25-26-22(19)20-2-1-13-28-20/h1-10,13-14,21,24,27H,11-12H2,(H,25,26). The van der Waals surface area contributed by atoms with E-state index in [1.807, 2.05) is 36.4 Å². The van der Waals surface area contributed by atoms with Crippen molar-refractivity contribution in [2.75, 3.05) is 13.2 Å². The Morgan fingerprint density at radius 2 is 1.75 bits per heavy atom. The summed E-state index contributed by atoms with van der Waals surface area (Å²) >= 11 is 0. The molecule has 142 valence electrons. The first kappa shape index (κ1) is 18.2. The molecule has 0 spiro atoms. The summed E-state index contributed by atoms with van der Waals surface area (Å²) in [7, 11) is 0. The summed E-state index contributed by atoms with van der Waals surface area (Å²) in [6, 6.07) is 18.0. The average molecular weight is 377 g/mol. The molecule has 1 atom stereocenters. The molecular formula is C22H20FN3O2. The van der Waals surface area contributed by atoms with Gasteiger partial charge in [-0.2, -0.15) is 5.10 Å². The average Bonchev–Trinajstić information content (AvgIpc) is 3.41. The number of aliphatic hydroxyl groups excluding tert-OH is 1. The predicted octanol–water partition coefficient (Wildman–Crippen LogP) is 4.15. The van der Waals surface area contributed by atoms with Gasteiger partial charge in [-0.15, -0.1) is 0 Å². The van der Waals surface area contributed by atoms with Gasteiger partial charge in [0.15, 0.2) is 5.76 Å². The molecule has 0 amide bonds. The SMILES string of the molecule is OCCNC(c1ccc(-c2ccc(F)cc2)cc1)c1cn[nH]c1-c1ccco1. The Hall–Kier alpha value is -3.22. The van der Waals surface area contributed by atoms with Crippen LogP contribution in [-0.2, 0) is 0 Å². The van der Waals surface area contributed by atoms with E-state index in [1.54, 1.807) is 24.6 Å². The zero-order valence-electron chi connectivity index (χ0n) is 15.1. The van der Waals surface area contributed by atoms with Crippen molar-refractivity contribution in [1.29, 1.82) is 0 Å². The van der Waals surface area contributed by atoms with Crippen LogP contribution in [0, 0.1) is 5.82 Å². The zero-order chi connectivity index (χ0) is 19.3. The second-order valence-corrected chi connectivity index (χ2v) is 6.42. The van der Waals surface area contributed by atoms with E-state index in [0.717, 1.165) is 27.9 Å². The zero-order valence-corrected chi connectivity index (χ0v) is 15.1. The molecule has 5 nitrogen and oxygen atoms in total. The first-order chi connectivity index (χ1) is 13.8. The third-order valence-electron chi connectivity index (χ3n) is 4.63. The third kappa shape index (κ3) is 3.74. The van der Waals surface area contributed by atoms with Crippen molar-refractivity contribution in [3.63, 3.8) is 0 Å². The van der Waals surface area contributed by atoms with Gasteiger partial charge in [-0.25, -0.2) is 4.39 Å². The van der Waals surface area contributed by atoms with Gasteiger partial charge in [-0.05, 0) is 41.0 Å². The lowest BCUT2D eigenvalue weighted by Gasteiger charge is -2.19. The highest BCUT2D eigenvalue weighted by Crippen LogP contribution is 2.31. The summed E-state index contributed by atoms with van der Waals surface area (Å²) in [5, 5.41) is 19.8. The van der Waals surface area contributed by atoms with Crippen LogP contribution in [0.25, 0.3) is 22.6 Å². The van der Waals surface area contributed by atoms with Gasteiger partial charge in [-0.1, -0.05) is 36.4 Å². The number of aromatic nitrogens is 2. The van der Waals surface area contributed by atoms with Crippen LogP contribution in [0.5, 0.6) is 0 Å². The van der Waals surface area contributed by atoms with E-state index in [1.165, 1.54) is 12.1 Å². The lowest BCUT2D eigenvalue weighted by molar-refractivity contribution is 0.288. The fourth-order valence-corrected chi connectivity index (χ4v) is 3.26. The molecule has 28 heavy (non-hydrogen) atoms. The molecule has 1 unspecified atom stereocenters. The normalized spacial score (nSPS) is 12.2. The number of nitrogens with zero attached hydrogens (tertiary/aromatic N) is 1. The number of halogens is 1. The van der Waals surface area contributed by atoms with E-state index in [-0.39, 0.29) is 18.5 Å². The summed E-state index contributed by atoms with van der Waals surface area (Å²) in [5.74, 6) is 0.449. The van der Waals surface area contributed by atoms with Gasteiger partial charge >= 0.3 is 0 Å². The molecule has 0 saturated heterocycles. The van der Waals surface area contributed by atoms with Gasteiger partial charge < -0.3 is 14.8 Å². The molecule has 0 radical (unpaired) electrons. The second kappa shape index (κ2) is 8.21. The predicted molar refractivity (Wildman–Crippen MR) is 105 cm³/mol. The van der Waals surface area contributed by atoms with E-state index < -0.39 is 0 Å². The van der Waals surface area contributed by atoms with Crippen LogP contribution in [0.4, 0.5) is 4.39 Å². The lowest BCUT2D eigenvalue weighted by Crippen LogP contribution is -2.25. The van der Waals surface area contributed by atoms with Gasteiger partial charge in [0, 0.05) is 12.1 Å². The van der Waals surface area contributed by atoms with Crippen molar-refractivity contribution in [3.05, 3.63) is 90.1 Å². The maximum Gasteiger partial charge on any atom is 0.151 e. The van der Waals surface area contributed by atoms with Gasteiger partial charge in [0.1, 0.15) is 11.5 Å². The monoisotopic (exact) mass is 377 g/mol. The van der Waals surface area contributed by atoms with Crippen molar-refractivity contribution in [3.8, 4) is 22.6 Å². The number of aliphatic hydroxyl groups is 1. The van der Waals surface area contributed by atoms with Gasteiger partial charge in [0.2, 0.25) is 0 Å². The highest BCUT2D eigenvalue weighted by atomic mass is 19.1. The number of H-pyrrole nitrogens is 1. The van der Waals surface area contributed by atoms with Crippen molar-refractivity contribution in [1.82, 2.24) is 15.5 Å². The van der Waals surface area contributed by atoms with Crippen LogP contribution >= 0.6 is 0 Å². The van der Waals surface area contributed by atoms with E-state index >= 15 is 0 Å². The van der Waals surface area contributed by atoms with Crippen LogP contribution in [0.2, 0.25) is 0 Å². The largest absolute Gasteiger partial charge is 0.463 e. The van der Waals surface area contributed by atoms with E-state index in [4.69, 9.17) is 4.42 Å². The molecule has 0 aliphatic carbocycles. The summed E-state index contributed by atoms with van der Waals surface area (Å²) in [6.07, 6.45) is 3.38.